The van der Waals surface area contributed by atoms with Gasteiger partial charge in [0.05, 0.1) is 5.92 Å². The number of hydrogen-bond acceptors (Lipinski definition) is 1. The molecule has 1 unspecified atom stereocenters. The van der Waals surface area contributed by atoms with Crippen LogP contribution in [0.5, 0.6) is 0 Å². The van der Waals surface area contributed by atoms with E-state index in [1.807, 2.05) is 30.3 Å². The standard InChI is InChI=1S/C16H15ClO2/c17-14-9-7-13(8-10-14)15(16(18)19)11-6-12-4-2-1-3-5-12/h1-5,7-10,15H,6,11H2,(H,18,19). The van der Waals surface area contributed by atoms with E-state index in [2.05, 4.69) is 0 Å². The van der Waals surface area contributed by atoms with Crippen LogP contribution in [0.3, 0.4) is 0 Å². The maximum Gasteiger partial charge on any atom is 0.310 e. The lowest BCUT2D eigenvalue weighted by molar-refractivity contribution is -0.138. The first-order valence-electron chi connectivity index (χ1n) is 6.19. The summed E-state index contributed by atoms with van der Waals surface area (Å²) in [5, 5.41) is 9.96. The number of carboxylic acid groups (broad SMARTS) is 1. The van der Waals surface area contributed by atoms with Crippen molar-refractivity contribution in [2.75, 3.05) is 0 Å². The fourth-order valence-electron chi connectivity index (χ4n) is 2.08. The molecule has 2 rings (SSSR count). The Morgan fingerprint density at radius 3 is 2.26 bits per heavy atom. The largest absolute Gasteiger partial charge is 0.481 e. The molecule has 2 aromatic rings. The Kier molecular flexibility index (Phi) is 4.58. The van der Waals surface area contributed by atoms with E-state index in [-0.39, 0.29) is 0 Å². The lowest BCUT2D eigenvalue weighted by Crippen LogP contribution is -2.12. The van der Waals surface area contributed by atoms with E-state index in [0.29, 0.717) is 11.4 Å². The van der Waals surface area contributed by atoms with Crippen molar-refractivity contribution < 1.29 is 9.90 Å². The molecule has 0 fully saturated rings. The molecule has 0 spiro atoms. The minimum Gasteiger partial charge on any atom is -0.481 e. The fraction of sp³-hybridized carbons (Fsp3) is 0.188. The predicted octanol–water partition coefficient (Wildman–Crippen LogP) is 4.14. The molecule has 0 aliphatic rings. The molecule has 0 saturated carbocycles. The quantitative estimate of drug-likeness (QED) is 0.890. The van der Waals surface area contributed by atoms with Gasteiger partial charge in [-0.1, -0.05) is 54.1 Å². The molecule has 3 heteroatoms. The fourth-order valence-corrected chi connectivity index (χ4v) is 2.21. The van der Waals surface area contributed by atoms with Crippen LogP contribution in [0.25, 0.3) is 0 Å². The maximum atomic E-state index is 11.4. The highest BCUT2D eigenvalue weighted by Crippen LogP contribution is 2.23. The molecule has 0 aliphatic heterocycles. The Morgan fingerprint density at radius 2 is 1.68 bits per heavy atom. The first-order valence-corrected chi connectivity index (χ1v) is 6.57. The molecule has 0 saturated heterocycles. The predicted molar refractivity (Wildman–Crippen MR) is 76.6 cm³/mol. The molecule has 98 valence electrons. The summed E-state index contributed by atoms with van der Waals surface area (Å²) in [5.74, 6) is -1.28. The van der Waals surface area contributed by atoms with Gasteiger partial charge in [0, 0.05) is 5.02 Å². The minimum atomic E-state index is -0.793. The minimum absolute atomic E-state index is 0.488. The van der Waals surface area contributed by atoms with Crippen LogP contribution >= 0.6 is 11.6 Å². The van der Waals surface area contributed by atoms with Crippen molar-refractivity contribution in [3.05, 3.63) is 70.7 Å². The zero-order valence-corrected chi connectivity index (χ0v) is 11.2. The van der Waals surface area contributed by atoms with E-state index in [9.17, 15) is 9.90 Å². The van der Waals surface area contributed by atoms with Gasteiger partial charge in [0.1, 0.15) is 0 Å². The molecule has 0 amide bonds. The monoisotopic (exact) mass is 274 g/mol. The van der Waals surface area contributed by atoms with Crippen molar-refractivity contribution in [3.63, 3.8) is 0 Å². The number of benzene rings is 2. The van der Waals surface area contributed by atoms with Gasteiger partial charge in [-0.3, -0.25) is 4.79 Å². The molecule has 0 bridgehead atoms. The Labute approximate surface area is 117 Å². The average molecular weight is 275 g/mol. The van der Waals surface area contributed by atoms with Gasteiger partial charge in [0.2, 0.25) is 0 Å². The molecule has 1 atom stereocenters. The summed E-state index contributed by atoms with van der Waals surface area (Å²) in [6, 6.07) is 16.9. The summed E-state index contributed by atoms with van der Waals surface area (Å²) in [5.41, 5.74) is 1.95. The molecular weight excluding hydrogens is 260 g/mol. The normalized spacial score (nSPS) is 12.1. The second-order valence-electron chi connectivity index (χ2n) is 4.47. The second-order valence-corrected chi connectivity index (χ2v) is 4.90. The molecular formula is C16H15ClO2. The van der Waals surface area contributed by atoms with Crippen LogP contribution in [0.2, 0.25) is 5.02 Å². The summed E-state index contributed by atoms with van der Waals surface area (Å²) in [4.78, 5) is 11.4. The lowest BCUT2D eigenvalue weighted by Gasteiger charge is -2.12. The van der Waals surface area contributed by atoms with Gasteiger partial charge in [-0.05, 0) is 36.1 Å². The number of halogens is 1. The zero-order chi connectivity index (χ0) is 13.7. The highest BCUT2D eigenvalue weighted by molar-refractivity contribution is 6.30. The molecule has 2 aromatic carbocycles. The Hall–Kier alpha value is -1.80. The smallest absolute Gasteiger partial charge is 0.310 e. The number of aliphatic carboxylic acids is 1. The molecule has 0 radical (unpaired) electrons. The molecule has 0 aromatic heterocycles. The third-order valence-corrected chi connectivity index (χ3v) is 3.39. The van der Waals surface area contributed by atoms with E-state index in [1.54, 1.807) is 24.3 Å². The van der Waals surface area contributed by atoms with Gasteiger partial charge in [-0.15, -0.1) is 0 Å². The van der Waals surface area contributed by atoms with Gasteiger partial charge in [0.15, 0.2) is 0 Å². The van der Waals surface area contributed by atoms with E-state index in [4.69, 9.17) is 11.6 Å². The number of carbonyl (C=O) groups is 1. The summed E-state index contributed by atoms with van der Waals surface area (Å²) in [6.07, 6.45) is 1.33. The summed E-state index contributed by atoms with van der Waals surface area (Å²) >= 11 is 5.82. The Bertz CT molecular complexity index is 534. The van der Waals surface area contributed by atoms with E-state index in [1.165, 1.54) is 0 Å². The lowest BCUT2D eigenvalue weighted by atomic mass is 9.92. The van der Waals surface area contributed by atoms with Crippen LogP contribution in [-0.4, -0.2) is 11.1 Å². The highest BCUT2D eigenvalue weighted by Gasteiger charge is 2.19. The second kappa shape index (κ2) is 6.39. The van der Waals surface area contributed by atoms with E-state index < -0.39 is 11.9 Å². The summed E-state index contributed by atoms with van der Waals surface area (Å²) < 4.78 is 0. The van der Waals surface area contributed by atoms with Crippen LogP contribution in [0, 0.1) is 0 Å². The van der Waals surface area contributed by atoms with Gasteiger partial charge >= 0.3 is 5.97 Å². The van der Waals surface area contributed by atoms with Gasteiger partial charge in [-0.2, -0.15) is 0 Å². The highest BCUT2D eigenvalue weighted by atomic mass is 35.5. The van der Waals surface area contributed by atoms with Crippen molar-refractivity contribution >= 4 is 17.6 Å². The van der Waals surface area contributed by atoms with Crippen molar-refractivity contribution in [3.8, 4) is 0 Å². The molecule has 0 aliphatic carbocycles. The van der Waals surface area contributed by atoms with E-state index >= 15 is 0 Å². The van der Waals surface area contributed by atoms with Crippen LogP contribution < -0.4 is 0 Å². The van der Waals surface area contributed by atoms with Crippen LogP contribution in [0.1, 0.15) is 23.5 Å². The van der Waals surface area contributed by atoms with Crippen molar-refractivity contribution in [2.24, 2.45) is 0 Å². The van der Waals surface area contributed by atoms with Crippen molar-refractivity contribution in [2.45, 2.75) is 18.8 Å². The third-order valence-electron chi connectivity index (χ3n) is 3.13. The molecule has 19 heavy (non-hydrogen) atoms. The Morgan fingerprint density at radius 1 is 1.05 bits per heavy atom. The Balaban J connectivity index is 2.09. The number of carboxylic acids is 1. The van der Waals surface area contributed by atoms with Gasteiger partial charge < -0.3 is 5.11 Å². The first kappa shape index (κ1) is 13.6. The number of rotatable bonds is 5. The number of hydrogen-bond donors (Lipinski definition) is 1. The zero-order valence-electron chi connectivity index (χ0n) is 10.4. The average Bonchev–Trinajstić information content (AvgIpc) is 2.42. The van der Waals surface area contributed by atoms with E-state index in [0.717, 1.165) is 17.5 Å². The SMILES string of the molecule is O=C(O)C(CCc1ccccc1)c1ccc(Cl)cc1. The molecule has 0 heterocycles. The van der Waals surface area contributed by atoms with Gasteiger partial charge in [-0.25, -0.2) is 0 Å². The van der Waals surface area contributed by atoms with Crippen LogP contribution in [-0.2, 0) is 11.2 Å². The van der Waals surface area contributed by atoms with Gasteiger partial charge in [0.25, 0.3) is 0 Å². The summed E-state index contributed by atoms with van der Waals surface area (Å²) in [7, 11) is 0. The summed E-state index contributed by atoms with van der Waals surface area (Å²) in [6.45, 7) is 0. The number of aryl methyl sites for hydroxylation is 1. The molecule has 1 N–H and O–H groups in total. The van der Waals surface area contributed by atoms with Crippen LogP contribution in [0.15, 0.2) is 54.6 Å². The third kappa shape index (κ3) is 3.83. The van der Waals surface area contributed by atoms with Crippen molar-refractivity contribution in [1.29, 1.82) is 0 Å². The van der Waals surface area contributed by atoms with Crippen LogP contribution in [0.4, 0.5) is 0 Å². The van der Waals surface area contributed by atoms with Crippen molar-refractivity contribution in [1.82, 2.24) is 0 Å². The topological polar surface area (TPSA) is 37.3 Å². The molecule has 2 nitrogen and oxygen atoms in total. The first-order chi connectivity index (χ1) is 9.16. The maximum absolute atomic E-state index is 11.4.